The van der Waals surface area contributed by atoms with E-state index >= 15 is 0 Å². The summed E-state index contributed by atoms with van der Waals surface area (Å²) < 4.78 is 19.0. The second kappa shape index (κ2) is 9.88. The van der Waals surface area contributed by atoms with Gasteiger partial charge in [0.25, 0.3) is 5.91 Å². The molecule has 0 bridgehead atoms. The maximum absolute atomic E-state index is 14.0. The molecule has 0 saturated carbocycles. The summed E-state index contributed by atoms with van der Waals surface area (Å²) in [5, 5.41) is 2.97. The normalized spacial score (nSPS) is 14.4. The molecule has 1 saturated heterocycles. The van der Waals surface area contributed by atoms with Gasteiger partial charge in [0.05, 0.1) is 29.3 Å². The lowest BCUT2D eigenvalue weighted by molar-refractivity contribution is -0.117. The Morgan fingerprint density at radius 2 is 1.87 bits per heavy atom. The molecule has 8 nitrogen and oxygen atoms in total. The smallest absolute Gasteiger partial charge is 0.341 e. The fourth-order valence-electron chi connectivity index (χ4n) is 3.51. The molecule has 2 heterocycles. The van der Waals surface area contributed by atoms with Gasteiger partial charge in [-0.15, -0.1) is 11.3 Å². The molecule has 1 aliphatic rings. The topological polar surface area (TPSA) is 105 Å². The second-order valence-corrected chi connectivity index (χ2v) is 8.13. The molecule has 2 amide bonds. The van der Waals surface area contributed by atoms with Crippen LogP contribution in [0.3, 0.4) is 0 Å². The van der Waals surface area contributed by atoms with Crippen LogP contribution in [-0.4, -0.2) is 62.0 Å². The van der Waals surface area contributed by atoms with Crippen molar-refractivity contribution in [2.75, 3.05) is 49.5 Å². The van der Waals surface area contributed by atoms with Crippen molar-refractivity contribution < 1.29 is 23.5 Å². The highest BCUT2D eigenvalue weighted by atomic mass is 32.1. The number of para-hydroxylation sites is 1. The Bertz CT molecular complexity index is 986. The highest BCUT2D eigenvalue weighted by Gasteiger charge is 2.27. The van der Waals surface area contributed by atoms with E-state index in [0.29, 0.717) is 37.4 Å². The number of halogens is 1. The molecule has 0 unspecified atom stereocenters. The van der Waals surface area contributed by atoms with Crippen LogP contribution in [0.5, 0.6) is 0 Å². The molecule has 10 heteroatoms. The molecule has 31 heavy (non-hydrogen) atoms. The number of piperazine rings is 1. The van der Waals surface area contributed by atoms with Gasteiger partial charge in [-0.05, 0) is 31.5 Å². The molecule has 166 valence electrons. The number of ether oxygens (including phenoxy) is 1. The van der Waals surface area contributed by atoms with Crippen molar-refractivity contribution in [2.45, 2.75) is 13.8 Å². The van der Waals surface area contributed by atoms with Crippen LogP contribution in [0.25, 0.3) is 0 Å². The van der Waals surface area contributed by atoms with Gasteiger partial charge in [-0.1, -0.05) is 12.1 Å². The summed E-state index contributed by atoms with van der Waals surface area (Å²) in [5.41, 5.74) is 6.49. The van der Waals surface area contributed by atoms with Crippen molar-refractivity contribution in [1.82, 2.24) is 4.90 Å². The number of esters is 1. The molecule has 0 spiro atoms. The van der Waals surface area contributed by atoms with Gasteiger partial charge in [0.2, 0.25) is 5.91 Å². The van der Waals surface area contributed by atoms with Crippen molar-refractivity contribution in [3.05, 3.63) is 46.1 Å². The van der Waals surface area contributed by atoms with Gasteiger partial charge in [0, 0.05) is 26.2 Å². The minimum atomic E-state index is -0.669. The summed E-state index contributed by atoms with van der Waals surface area (Å²) in [4.78, 5) is 40.7. The minimum absolute atomic E-state index is 0.107. The number of nitrogens with one attached hydrogen (secondary N) is 1. The van der Waals surface area contributed by atoms with Crippen molar-refractivity contribution in [3.8, 4) is 0 Å². The number of carbonyl (C=O) groups excluding carboxylic acids is 3. The van der Waals surface area contributed by atoms with E-state index in [1.54, 1.807) is 32.0 Å². The Balaban J connectivity index is 1.64. The molecule has 3 N–H and O–H groups in total. The average molecular weight is 449 g/mol. The largest absolute Gasteiger partial charge is 0.462 e. The van der Waals surface area contributed by atoms with E-state index in [9.17, 15) is 18.8 Å². The molecule has 1 aliphatic heterocycles. The quantitative estimate of drug-likeness (QED) is 0.630. The number of rotatable bonds is 7. The van der Waals surface area contributed by atoms with Crippen molar-refractivity contribution in [3.63, 3.8) is 0 Å². The molecular formula is C21H25FN4O4S. The lowest BCUT2D eigenvalue weighted by Gasteiger charge is -2.35. The number of hydrogen-bond donors (Lipinski definition) is 2. The molecule has 2 aromatic rings. The predicted molar refractivity (Wildman–Crippen MR) is 117 cm³/mol. The van der Waals surface area contributed by atoms with E-state index in [2.05, 4.69) is 5.32 Å². The van der Waals surface area contributed by atoms with Gasteiger partial charge in [-0.2, -0.15) is 0 Å². The number of nitrogens with two attached hydrogens (primary N) is 1. The fourth-order valence-corrected chi connectivity index (χ4v) is 4.57. The number of carbonyl (C=O) groups is 3. The van der Waals surface area contributed by atoms with Crippen LogP contribution in [0.15, 0.2) is 24.3 Å². The van der Waals surface area contributed by atoms with Gasteiger partial charge in [0.1, 0.15) is 10.8 Å². The van der Waals surface area contributed by atoms with Crippen molar-refractivity contribution >= 4 is 39.8 Å². The van der Waals surface area contributed by atoms with Crippen LogP contribution in [-0.2, 0) is 9.53 Å². The van der Waals surface area contributed by atoms with E-state index in [1.807, 2.05) is 9.80 Å². The number of benzene rings is 1. The van der Waals surface area contributed by atoms with E-state index in [0.717, 1.165) is 11.3 Å². The third-order valence-electron chi connectivity index (χ3n) is 5.04. The zero-order valence-electron chi connectivity index (χ0n) is 17.4. The van der Waals surface area contributed by atoms with Crippen molar-refractivity contribution in [1.29, 1.82) is 0 Å². The van der Waals surface area contributed by atoms with Gasteiger partial charge in [-0.3, -0.25) is 14.5 Å². The third-order valence-corrected chi connectivity index (χ3v) is 6.26. The monoisotopic (exact) mass is 448 g/mol. The summed E-state index contributed by atoms with van der Waals surface area (Å²) in [6.45, 7) is 5.90. The summed E-state index contributed by atoms with van der Waals surface area (Å²) >= 11 is 0.962. The first-order valence-corrected chi connectivity index (χ1v) is 10.8. The van der Waals surface area contributed by atoms with Gasteiger partial charge >= 0.3 is 5.97 Å². The SMILES string of the molecule is CCOC(=O)c1c(NC(=O)CN2CCN(c3ccccc3F)CC2)sc(C(N)=O)c1C. The molecule has 0 atom stereocenters. The average Bonchev–Trinajstić information content (AvgIpc) is 3.05. The zero-order chi connectivity index (χ0) is 22.5. The summed E-state index contributed by atoms with van der Waals surface area (Å²) in [6.07, 6.45) is 0. The molecule has 0 radical (unpaired) electrons. The predicted octanol–water partition coefficient (Wildman–Crippen LogP) is 2.23. The van der Waals surface area contributed by atoms with Crippen LogP contribution in [0.1, 0.15) is 32.5 Å². The Morgan fingerprint density at radius 1 is 1.19 bits per heavy atom. The molecule has 0 aliphatic carbocycles. The molecule has 3 rings (SSSR count). The highest BCUT2D eigenvalue weighted by molar-refractivity contribution is 7.18. The number of primary amides is 1. The first kappa shape index (κ1) is 22.7. The van der Waals surface area contributed by atoms with Gasteiger partial charge < -0.3 is 20.7 Å². The third kappa shape index (κ3) is 5.20. The Kier molecular flexibility index (Phi) is 7.24. The summed E-state index contributed by atoms with van der Waals surface area (Å²) in [6, 6.07) is 6.62. The summed E-state index contributed by atoms with van der Waals surface area (Å²) in [7, 11) is 0. The molecule has 1 aromatic carbocycles. The van der Waals surface area contributed by atoms with Crippen LogP contribution in [0.2, 0.25) is 0 Å². The number of anilines is 2. The maximum Gasteiger partial charge on any atom is 0.341 e. The van der Waals surface area contributed by atoms with Gasteiger partial charge in [-0.25, -0.2) is 9.18 Å². The van der Waals surface area contributed by atoms with E-state index in [4.69, 9.17) is 10.5 Å². The van der Waals surface area contributed by atoms with Crippen LogP contribution >= 0.6 is 11.3 Å². The molecule has 1 fully saturated rings. The molecular weight excluding hydrogens is 423 g/mol. The van der Waals surface area contributed by atoms with Crippen LogP contribution < -0.4 is 16.0 Å². The minimum Gasteiger partial charge on any atom is -0.462 e. The van der Waals surface area contributed by atoms with E-state index < -0.39 is 11.9 Å². The van der Waals surface area contributed by atoms with Crippen molar-refractivity contribution in [2.24, 2.45) is 5.73 Å². The van der Waals surface area contributed by atoms with Crippen LogP contribution in [0.4, 0.5) is 15.1 Å². The Labute approximate surface area is 183 Å². The number of hydrogen-bond acceptors (Lipinski definition) is 7. The van der Waals surface area contributed by atoms with Crippen LogP contribution in [0, 0.1) is 12.7 Å². The first-order valence-electron chi connectivity index (χ1n) is 9.93. The number of thiophene rings is 1. The lowest BCUT2D eigenvalue weighted by Crippen LogP contribution is -2.48. The fraction of sp³-hybridized carbons (Fsp3) is 0.381. The highest BCUT2D eigenvalue weighted by Crippen LogP contribution is 2.33. The Hall–Kier alpha value is -2.98. The zero-order valence-corrected chi connectivity index (χ0v) is 18.3. The van der Waals surface area contributed by atoms with Gasteiger partial charge in [0.15, 0.2) is 0 Å². The first-order chi connectivity index (χ1) is 14.8. The van der Waals surface area contributed by atoms with E-state index in [-0.39, 0.29) is 40.3 Å². The number of nitrogens with zero attached hydrogens (tertiary/aromatic N) is 2. The molecule has 1 aromatic heterocycles. The van der Waals surface area contributed by atoms with E-state index in [1.165, 1.54) is 6.07 Å². The Morgan fingerprint density at radius 3 is 2.48 bits per heavy atom. The second-order valence-electron chi connectivity index (χ2n) is 7.11. The standard InChI is InChI=1S/C21H25FN4O4S/c1-3-30-21(29)17-13(2)18(19(23)28)31-20(17)24-16(27)12-25-8-10-26(11-9-25)15-7-5-4-6-14(15)22/h4-7H,3,8-12H2,1-2H3,(H2,23,28)(H,24,27). The summed E-state index contributed by atoms with van der Waals surface area (Å²) in [5.74, 6) is -1.86. The lowest BCUT2D eigenvalue weighted by atomic mass is 10.1. The number of amides is 2. The maximum atomic E-state index is 14.0.